The minimum absolute atomic E-state index is 0.0702. The monoisotopic (exact) mass is 476 g/mol. The highest BCUT2D eigenvalue weighted by atomic mass is 19.4. The highest BCUT2D eigenvalue weighted by Gasteiger charge is 2.45. The Kier molecular flexibility index (Phi) is 8.72. The lowest BCUT2D eigenvalue weighted by atomic mass is 9.86. The molecule has 5 nitrogen and oxygen atoms in total. The predicted octanol–water partition coefficient (Wildman–Crippen LogP) is 4.91. The zero-order chi connectivity index (χ0) is 24.6. The molecule has 1 atom stereocenters. The normalized spacial score (nSPS) is 20.6. The Bertz CT molecular complexity index is 937. The second-order valence-corrected chi connectivity index (χ2v) is 8.96. The van der Waals surface area contributed by atoms with E-state index < -0.39 is 12.1 Å². The number of hydrogen-bond acceptors (Lipinski definition) is 3. The van der Waals surface area contributed by atoms with Crippen molar-refractivity contribution in [3.63, 3.8) is 0 Å². The second kappa shape index (κ2) is 11.5. The van der Waals surface area contributed by atoms with Crippen molar-refractivity contribution < 1.29 is 27.9 Å². The summed E-state index contributed by atoms with van der Waals surface area (Å²) in [5.74, 6) is -2.41. The summed E-state index contributed by atoms with van der Waals surface area (Å²) in [4.78, 5) is 26.8. The number of nitrogens with zero attached hydrogens (tertiary/aromatic N) is 2. The maximum Gasteiger partial charge on any atom is 0.490 e. The Hall–Kier alpha value is -2.87. The summed E-state index contributed by atoms with van der Waals surface area (Å²) in [6, 6.07) is 21.1. The van der Waals surface area contributed by atoms with Gasteiger partial charge in [0, 0.05) is 26.1 Å². The highest BCUT2D eigenvalue weighted by Crippen LogP contribution is 2.38. The zero-order valence-corrected chi connectivity index (χ0v) is 19.1. The molecular formula is C26H31F3N2O3. The maximum absolute atomic E-state index is 13.1. The van der Waals surface area contributed by atoms with Crippen molar-refractivity contribution in [1.82, 2.24) is 9.80 Å². The first-order chi connectivity index (χ1) is 16.2. The number of carboxylic acid groups (broad SMARTS) is 1. The van der Waals surface area contributed by atoms with E-state index >= 15 is 0 Å². The number of alkyl halides is 3. The van der Waals surface area contributed by atoms with Crippen LogP contribution in [0.5, 0.6) is 0 Å². The van der Waals surface area contributed by atoms with Crippen molar-refractivity contribution in [3.8, 4) is 0 Å². The molecule has 0 saturated carbocycles. The number of carbonyl (C=O) groups is 2. The summed E-state index contributed by atoms with van der Waals surface area (Å²) in [7, 11) is 0. The Morgan fingerprint density at radius 3 is 1.97 bits per heavy atom. The largest absolute Gasteiger partial charge is 0.490 e. The average molecular weight is 477 g/mol. The Morgan fingerprint density at radius 2 is 1.41 bits per heavy atom. The van der Waals surface area contributed by atoms with Crippen LogP contribution in [0.2, 0.25) is 0 Å². The van der Waals surface area contributed by atoms with Gasteiger partial charge in [0.15, 0.2) is 0 Å². The van der Waals surface area contributed by atoms with E-state index in [1.165, 1.54) is 17.5 Å². The van der Waals surface area contributed by atoms with Crippen molar-refractivity contribution >= 4 is 11.9 Å². The van der Waals surface area contributed by atoms with Crippen molar-refractivity contribution in [1.29, 1.82) is 0 Å². The van der Waals surface area contributed by atoms with Crippen molar-refractivity contribution in [2.75, 3.05) is 19.6 Å². The van der Waals surface area contributed by atoms with Gasteiger partial charge in [0.1, 0.15) is 0 Å². The molecule has 184 valence electrons. The van der Waals surface area contributed by atoms with Gasteiger partial charge in [0.05, 0.1) is 5.54 Å². The number of aliphatic carboxylic acids is 1. The van der Waals surface area contributed by atoms with Crippen LogP contribution in [0.3, 0.4) is 0 Å². The van der Waals surface area contributed by atoms with Crippen LogP contribution in [0.15, 0.2) is 60.7 Å². The van der Waals surface area contributed by atoms with Crippen LogP contribution in [-0.2, 0) is 22.6 Å². The topological polar surface area (TPSA) is 60.9 Å². The van der Waals surface area contributed by atoms with E-state index in [4.69, 9.17) is 9.90 Å². The molecule has 4 rings (SSSR count). The third-order valence-electron chi connectivity index (χ3n) is 6.49. The van der Waals surface area contributed by atoms with Gasteiger partial charge in [-0.1, -0.05) is 60.7 Å². The maximum atomic E-state index is 13.1. The first-order valence-corrected chi connectivity index (χ1v) is 11.6. The number of benzene rings is 2. The summed E-state index contributed by atoms with van der Waals surface area (Å²) in [6.45, 7) is 4.10. The molecule has 34 heavy (non-hydrogen) atoms. The number of hydrogen-bond donors (Lipinski definition) is 1. The lowest BCUT2D eigenvalue weighted by Gasteiger charge is -2.46. The van der Waals surface area contributed by atoms with Crippen LogP contribution in [0, 0.1) is 0 Å². The van der Waals surface area contributed by atoms with Gasteiger partial charge in [-0.25, -0.2) is 4.79 Å². The number of carboxylic acids is 1. The lowest BCUT2D eigenvalue weighted by Crippen LogP contribution is -2.57. The second-order valence-electron chi connectivity index (χ2n) is 8.96. The van der Waals surface area contributed by atoms with Gasteiger partial charge in [-0.3, -0.25) is 9.69 Å². The van der Waals surface area contributed by atoms with Gasteiger partial charge in [0.2, 0.25) is 5.91 Å². The molecule has 0 aliphatic carbocycles. The number of aryl methyl sites for hydroxylation is 1. The molecule has 2 heterocycles. The number of rotatable bonds is 5. The van der Waals surface area contributed by atoms with Gasteiger partial charge >= 0.3 is 12.1 Å². The Labute approximate surface area is 198 Å². The number of piperidine rings is 1. The first-order valence-electron chi connectivity index (χ1n) is 11.6. The number of halogens is 3. The predicted molar refractivity (Wildman–Crippen MR) is 123 cm³/mol. The fourth-order valence-corrected chi connectivity index (χ4v) is 4.97. The van der Waals surface area contributed by atoms with Crippen LogP contribution in [0.4, 0.5) is 13.2 Å². The molecule has 1 spiro atoms. The SMILES string of the molecule is O=C(CCc1ccccc1)N1CCCC12CCCN(Cc1ccccc1)C2.O=C(O)C(F)(F)F. The molecule has 8 heteroatoms. The molecule has 2 aromatic carbocycles. The summed E-state index contributed by atoms with van der Waals surface area (Å²) >= 11 is 0. The summed E-state index contributed by atoms with van der Waals surface area (Å²) in [6.07, 6.45) is 1.06. The fourth-order valence-electron chi connectivity index (χ4n) is 4.97. The smallest absolute Gasteiger partial charge is 0.475 e. The van der Waals surface area contributed by atoms with Crippen LogP contribution >= 0.6 is 0 Å². The molecule has 2 fully saturated rings. The van der Waals surface area contributed by atoms with Crippen LogP contribution in [0.25, 0.3) is 0 Å². The lowest BCUT2D eigenvalue weighted by molar-refractivity contribution is -0.192. The molecule has 2 aromatic rings. The summed E-state index contributed by atoms with van der Waals surface area (Å²) < 4.78 is 31.7. The molecule has 0 bridgehead atoms. The average Bonchev–Trinajstić information content (AvgIpc) is 3.21. The van der Waals surface area contributed by atoms with E-state index in [9.17, 15) is 18.0 Å². The van der Waals surface area contributed by atoms with Crippen LogP contribution < -0.4 is 0 Å². The van der Waals surface area contributed by atoms with Crippen molar-refractivity contribution in [2.24, 2.45) is 0 Å². The van der Waals surface area contributed by atoms with E-state index in [1.807, 2.05) is 6.07 Å². The van der Waals surface area contributed by atoms with Crippen LogP contribution in [-0.4, -0.2) is 58.1 Å². The van der Waals surface area contributed by atoms with Gasteiger partial charge in [-0.05, 0) is 49.8 Å². The molecule has 0 radical (unpaired) electrons. The van der Waals surface area contributed by atoms with E-state index in [2.05, 4.69) is 64.4 Å². The number of amides is 1. The van der Waals surface area contributed by atoms with Crippen molar-refractivity contribution in [3.05, 3.63) is 71.8 Å². The molecule has 2 aliphatic rings. The summed E-state index contributed by atoms with van der Waals surface area (Å²) in [5, 5.41) is 7.12. The summed E-state index contributed by atoms with van der Waals surface area (Å²) in [5.41, 5.74) is 2.70. The molecule has 0 aromatic heterocycles. The zero-order valence-electron chi connectivity index (χ0n) is 19.1. The molecule has 1 unspecified atom stereocenters. The Balaban J connectivity index is 0.000000406. The van der Waals surface area contributed by atoms with Gasteiger partial charge in [-0.2, -0.15) is 13.2 Å². The van der Waals surface area contributed by atoms with E-state index in [1.54, 1.807) is 0 Å². The molecule has 2 saturated heterocycles. The Morgan fingerprint density at radius 1 is 0.882 bits per heavy atom. The minimum Gasteiger partial charge on any atom is -0.475 e. The minimum atomic E-state index is -5.08. The fraction of sp³-hybridized carbons (Fsp3) is 0.462. The van der Waals surface area contributed by atoms with Gasteiger partial charge < -0.3 is 10.0 Å². The molecule has 1 N–H and O–H groups in total. The molecular weight excluding hydrogens is 445 g/mol. The van der Waals surface area contributed by atoms with E-state index in [-0.39, 0.29) is 5.54 Å². The molecule has 1 amide bonds. The standard InChI is InChI=1S/C24H30N2O.C2HF3O2/c27-23(14-13-21-9-3-1-4-10-21)26-18-8-16-24(26)15-7-17-25(20-24)19-22-11-5-2-6-12-22;3-2(4,5)1(6)7/h1-6,9-12H,7-8,13-20H2;(H,6,7). The van der Waals surface area contributed by atoms with Gasteiger partial charge in [-0.15, -0.1) is 0 Å². The van der Waals surface area contributed by atoms with E-state index in [0.29, 0.717) is 12.3 Å². The van der Waals surface area contributed by atoms with Crippen molar-refractivity contribution in [2.45, 2.75) is 56.8 Å². The van der Waals surface area contributed by atoms with Crippen LogP contribution in [0.1, 0.15) is 43.2 Å². The third-order valence-corrected chi connectivity index (χ3v) is 6.49. The quantitative estimate of drug-likeness (QED) is 0.666. The molecule has 2 aliphatic heterocycles. The number of carbonyl (C=O) groups excluding carboxylic acids is 1. The van der Waals surface area contributed by atoms with Gasteiger partial charge in [0.25, 0.3) is 0 Å². The third kappa shape index (κ3) is 7.06. The number of likely N-dealkylation sites (tertiary alicyclic amines) is 2. The highest BCUT2D eigenvalue weighted by molar-refractivity contribution is 5.77. The first kappa shape index (κ1) is 25.7. The van der Waals surface area contributed by atoms with E-state index in [0.717, 1.165) is 51.9 Å².